The van der Waals surface area contributed by atoms with Crippen LogP contribution in [-0.2, 0) is 17.6 Å². The average molecular weight is 257 g/mol. The first-order valence-corrected chi connectivity index (χ1v) is 6.07. The van der Waals surface area contributed by atoms with Crippen LogP contribution in [0.2, 0.25) is 0 Å². The topological polar surface area (TPSA) is 59.4 Å². The summed E-state index contributed by atoms with van der Waals surface area (Å²) in [4.78, 5) is 14.8. The second kappa shape index (κ2) is 6.54. The summed E-state index contributed by atoms with van der Waals surface area (Å²) in [6.45, 7) is 0.551. The smallest absolute Gasteiger partial charge is 0.307 e. The van der Waals surface area contributed by atoms with E-state index in [1.165, 1.54) is 0 Å². The van der Waals surface area contributed by atoms with Gasteiger partial charge in [0.05, 0.1) is 13.0 Å². The molecule has 0 bridgehead atoms. The Kier molecular flexibility index (Phi) is 4.50. The SMILES string of the molecule is O=C(O)Cc1ccc(OCCc2ccccn2)cc1. The van der Waals surface area contributed by atoms with Crippen molar-refractivity contribution in [1.29, 1.82) is 0 Å². The molecule has 4 heteroatoms. The van der Waals surface area contributed by atoms with Gasteiger partial charge in [0.2, 0.25) is 0 Å². The minimum atomic E-state index is -0.830. The van der Waals surface area contributed by atoms with Crippen molar-refractivity contribution in [2.75, 3.05) is 6.61 Å². The van der Waals surface area contributed by atoms with Crippen LogP contribution in [-0.4, -0.2) is 22.7 Å². The quantitative estimate of drug-likeness (QED) is 0.862. The molecule has 19 heavy (non-hydrogen) atoms. The molecule has 0 amide bonds. The molecule has 0 unspecified atom stereocenters. The molecule has 4 nitrogen and oxygen atoms in total. The number of hydrogen-bond donors (Lipinski definition) is 1. The van der Waals surface area contributed by atoms with Crippen LogP contribution in [0.4, 0.5) is 0 Å². The lowest BCUT2D eigenvalue weighted by Gasteiger charge is -2.06. The van der Waals surface area contributed by atoms with Crippen molar-refractivity contribution in [3.05, 3.63) is 59.9 Å². The molecule has 2 rings (SSSR count). The number of carboxylic acids is 1. The maximum Gasteiger partial charge on any atom is 0.307 e. The molecule has 0 aliphatic heterocycles. The molecule has 1 aromatic heterocycles. The highest BCUT2D eigenvalue weighted by atomic mass is 16.5. The van der Waals surface area contributed by atoms with E-state index < -0.39 is 5.97 Å². The Bertz CT molecular complexity index is 523. The number of hydrogen-bond acceptors (Lipinski definition) is 3. The maximum atomic E-state index is 10.5. The van der Waals surface area contributed by atoms with Crippen molar-refractivity contribution in [3.63, 3.8) is 0 Å². The minimum Gasteiger partial charge on any atom is -0.493 e. The van der Waals surface area contributed by atoms with Crippen LogP contribution >= 0.6 is 0 Å². The number of rotatable bonds is 6. The summed E-state index contributed by atoms with van der Waals surface area (Å²) in [5.41, 5.74) is 1.76. The number of aromatic nitrogens is 1. The van der Waals surface area contributed by atoms with Crippen molar-refractivity contribution in [3.8, 4) is 5.75 Å². The Hall–Kier alpha value is -2.36. The van der Waals surface area contributed by atoms with Gasteiger partial charge in [-0.1, -0.05) is 18.2 Å². The molecule has 98 valence electrons. The van der Waals surface area contributed by atoms with Crippen LogP contribution in [0.1, 0.15) is 11.3 Å². The molecule has 1 aromatic carbocycles. The highest BCUT2D eigenvalue weighted by Gasteiger charge is 2.01. The van der Waals surface area contributed by atoms with Crippen molar-refractivity contribution in [2.45, 2.75) is 12.8 Å². The molecular weight excluding hydrogens is 242 g/mol. The fraction of sp³-hybridized carbons (Fsp3) is 0.200. The van der Waals surface area contributed by atoms with E-state index in [2.05, 4.69) is 4.98 Å². The molecule has 1 N–H and O–H groups in total. The molecule has 0 atom stereocenters. The Morgan fingerprint density at radius 1 is 1.16 bits per heavy atom. The normalized spacial score (nSPS) is 10.1. The van der Waals surface area contributed by atoms with Crippen molar-refractivity contribution in [2.24, 2.45) is 0 Å². The highest BCUT2D eigenvalue weighted by molar-refractivity contribution is 5.70. The van der Waals surface area contributed by atoms with Crippen molar-refractivity contribution < 1.29 is 14.6 Å². The third-order valence-electron chi connectivity index (χ3n) is 2.63. The van der Waals surface area contributed by atoms with Gasteiger partial charge in [0.15, 0.2) is 0 Å². The van der Waals surface area contributed by atoms with Gasteiger partial charge in [0.25, 0.3) is 0 Å². The van der Waals surface area contributed by atoms with E-state index in [4.69, 9.17) is 9.84 Å². The Balaban J connectivity index is 1.81. The summed E-state index contributed by atoms with van der Waals surface area (Å²) in [6, 6.07) is 12.9. The van der Waals surface area contributed by atoms with E-state index in [1.54, 1.807) is 30.5 Å². The predicted molar refractivity (Wildman–Crippen MR) is 71.2 cm³/mol. The van der Waals surface area contributed by atoms with Gasteiger partial charge in [-0.05, 0) is 29.8 Å². The second-order valence-electron chi connectivity index (χ2n) is 4.13. The highest BCUT2D eigenvalue weighted by Crippen LogP contribution is 2.13. The molecule has 0 saturated carbocycles. The first-order valence-electron chi connectivity index (χ1n) is 6.07. The van der Waals surface area contributed by atoms with E-state index >= 15 is 0 Å². The molecule has 0 aliphatic carbocycles. The molecular formula is C15H15NO3. The zero-order valence-electron chi connectivity index (χ0n) is 10.5. The van der Waals surface area contributed by atoms with Crippen LogP contribution in [0.3, 0.4) is 0 Å². The number of benzene rings is 1. The van der Waals surface area contributed by atoms with Gasteiger partial charge in [-0.2, -0.15) is 0 Å². The number of pyridine rings is 1. The van der Waals surface area contributed by atoms with Crippen LogP contribution in [0, 0.1) is 0 Å². The predicted octanol–water partition coefficient (Wildman–Crippen LogP) is 2.33. The standard InChI is InChI=1S/C15H15NO3/c17-15(18)11-12-4-6-14(7-5-12)19-10-8-13-3-1-2-9-16-13/h1-7,9H,8,10-11H2,(H,17,18). The Morgan fingerprint density at radius 3 is 2.58 bits per heavy atom. The minimum absolute atomic E-state index is 0.0359. The molecule has 2 aromatic rings. The lowest BCUT2D eigenvalue weighted by atomic mass is 10.1. The fourth-order valence-corrected chi connectivity index (χ4v) is 1.70. The zero-order chi connectivity index (χ0) is 13.5. The van der Waals surface area contributed by atoms with Gasteiger partial charge in [-0.3, -0.25) is 9.78 Å². The number of carbonyl (C=O) groups is 1. The summed E-state index contributed by atoms with van der Waals surface area (Å²) in [5, 5.41) is 8.67. The van der Waals surface area contributed by atoms with Gasteiger partial charge in [-0.15, -0.1) is 0 Å². The molecule has 0 aliphatic rings. The molecule has 0 saturated heterocycles. The van der Waals surface area contributed by atoms with Gasteiger partial charge in [0, 0.05) is 18.3 Å². The number of nitrogens with zero attached hydrogens (tertiary/aromatic N) is 1. The van der Waals surface area contributed by atoms with Crippen molar-refractivity contribution >= 4 is 5.97 Å². The maximum absolute atomic E-state index is 10.5. The first kappa shape index (κ1) is 13.1. The summed E-state index contributed by atoms with van der Waals surface area (Å²) < 4.78 is 5.58. The van der Waals surface area contributed by atoms with E-state index in [-0.39, 0.29) is 6.42 Å². The summed E-state index contributed by atoms with van der Waals surface area (Å²) in [7, 11) is 0. The van der Waals surface area contributed by atoms with Crippen molar-refractivity contribution in [1.82, 2.24) is 4.98 Å². The van der Waals surface area contributed by atoms with Crippen LogP contribution in [0.5, 0.6) is 5.75 Å². The van der Waals surface area contributed by atoms with Gasteiger partial charge < -0.3 is 9.84 Å². The van der Waals surface area contributed by atoms with Crippen LogP contribution < -0.4 is 4.74 Å². The summed E-state index contributed by atoms with van der Waals surface area (Å²) in [5.74, 6) is -0.0890. The fourth-order valence-electron chi connectivity index (χ4n) is 1.70. The van der Waals surface area contributed by atoms with Gasteiger partial charge in [-0.25, -0.2) is 0 Å². The molecule has 0 radical (unpaired) electrons. The first-order chi connectivity index (χ1) is 9.24. The third kappa shape index (κ3) is 4.43. The summed E-state index contributed by atoms with van der Waals surface area (Å²) >= 11 is 0. The second-order valence-corrected chi connectivity index (χ2v) is 4.13. The van der Waals surface area contributed by atoms with Crippen LogP contribution in [0.15, 0.2) is 48.7 Å². The number of aliphatic carboxylic acids is 1. The van der Waals surface area contributed by atoms with E-state index in [0.717, 1.165) is 23.4 Å². The van der Waals surface area contributed by atoms with E-state index in [1.807, 2.05) is 18.2 Å². The largest absolute Gasteiger partial charge is 0.493 e. The van der Waals surface area contributed by atoms with Gasteiger partial charge in [0.1, 0.15) is 5.75 Å². The van der Waals surface area contributed by atoms with E-state index in [0.29, 0.717) is 6.61 Å². The zero-order valence-corrected chi connectivity index (χ0v) is 10.5. The molecule has 0 fully saturated rings. The monoisotopic (exact) mass is 257 g/mol. The molecule has 0 spiro atoms. The third-order valence-corrected chi connectivity index (χ3v) is 2.63. The number of carboxylic acid groups (broad SMARTS) is 1. The molecule has 1 heterocycles. The summed E-state index contributed by atoms with van der Waals surface area (Å²) in [6.07, 6.45) is 2.54. The Morgan fingerprint density at radius 2 is 1.95 bits per heavy atom. The average Bonchev–Trinajstić information content (AvgIpc) is 2.41. The van der Waals surface area contributed by atoms with E-state index in [9.17, 15) is 4.79 Å². The lowest BCUT2D eigenvalue weighted by molar-refractivity contribution is -0.136. The Labute approximate surface area is 111 Å². The van der Waals surface area contributed by atoms with Gasteiger partial charge >= 0.3 is 5.97 Å². The van der Waals surface area contributed by atoms with Crippen LogP contribution in [0.25, 0.3) is 0 Å². The number of ether oxygens (including phenoxy) is 1. The lowest BCUT2D eigenvalue weighted by Crippen LogP contribution is -2.03.